The molecule has 258 valence electrons. The van der Waals surface area contributed by atoms with Crippen LogP contribution in [0.25, 0.3) is 80.7 Å². The van der Waals surface area contributed by atoms with Gasteiger partial charge in [-0.2, -0.15) is 0 Å². The van der Waals surface area contributed by atoms with Gasteiger partial charge in [-0.15, -0.1) is 11.3 Å². The Labute approximate surface area is 323 Å². The van der Waals surface area contributed by atoms with Crippen LogP contribution < -0.4 is 4.90 Å². The fourth-order valence-corrected chi connectivity index (χ4v) is 9.72. The zero-order valence-corrected chi connectivity index (χ0v) is 30.7. The topological polar surface area (TPSA) is 8.17 Å². The van der Waals surface area contributed by atoms with Gasteiger partial charge in [-0.1, -0.05) is 152 Å². The van der Waals surface area contributed by atoms with E-state index < -0.39 is 0 Å². The molecule has 0 radical (unpaired) electrons. The molecule has 0 aliphatic carbocycles. The Bertz CT molecular complexity index is 3200. The highest BCUT2D eigenvalue weighted by molar-refractivity contribution is 7.26. The highest BCUT2D eigenvalue weighted by Crippen LogP contribution is 2.48. The average molecular weight is 719 g/mol. The molecule has 0 N–H and O–H groups in total. The minimum absolute atomic E-state index is 1.11. The number of nitrogens with zero attached hydrogens (tertiary/aromatic N) is 2. The summed E-state index contributed by atoms with van der Waals surface area (Å²) in [5.74, 6) is 0. The molecule has 9 aromatic carbocycles. The van der Waals surface area contributed by atoms with E-state index in [4.69, 9.17) is 0 Å². The Kier molecular flexibility index (Phi) is 7.39. The van der Waals surface area contributed by atoms with Crippen LogP contribution in [-0.4, -0.2) is 4.57 Å². The SMILES string of the molecule is c1ccc(-c2cc(N(c3ccc4c5ccccc5n(-c5ccccc5)c4c3)c3cccc4c3sc3ccccc34)ccc2-c2cccc3ccccc23)cc1. The van der Waals surface area contributed by atoms with Crippen molar-refractivity contribution in [2.75, 3.05) is 4.90 Å². The second kappa shape index (κ2) is 12.9. The standard InChI is InChI=1S/C52H34N2S/c1-3-15-36(16-4-1)47-33-38(29-31-42(47)41-24-13-18-35-17-7-8-21-40(35)41)53(49-27-14-25-46-45-23-10-12-28-51(45)55-52(46)49)39-30-32-44-43-22-9-11-26-48(43)54(50(44)34-39)37-19-5-2-6-20-37/h1-34H. The fourth-order valence-electron chi connectivity index (χ4n) is 8.51. The van der Waals surface area contributed by atoms with Gasteiger partial charge in [-0.05, 0) is 87.6 Å². The van der Waals surface area contributed by atoms with Crippen molar-refractivity contribution in [2.45, 2.75) is 0 Å². The molecule has 0 saturated heterocycles. The maximum Gasteiger partial charge on any atom is 0.0640 e. The molecule has 0 saturated carbocycles. The lowest BCUT2D eigenvalue weighted by molar-refractivity contribution is 1.18. The molecule has 0 atom stereocenters. The second-order valence-corrected chi connectivity index (χ2v) is 15.2. The van der Waals surface area contributed by atoms with Crippen LogP contribution in [0.15, 0.2) is 206 Å². The number of para-hydroxylation sites is 2. The molecular formula is C52H34N2S. The van der Waals surface area contributed by atoms with Crippen LogP contribution in [-0.2, 0) is 0 Å². The Morgan fingerprint density at radius 1 is 0.382 bits per heavy atom. The lowest BCUT2D eigenvalue weighted by Gasteiger charge is -2.28. The van der Waals surface area contributed by atoms with Crippen molar-refractivity contribution in [2.24, 2.45) is 0 Å². The van der Waals surface area contributed by atoms with Gasteiger partial charge in [-0.25, -0.2) is 0 Å². The van der Waals surface area contributed by atoms with Gasteiger partial charge in [0.1, 0.15) is 0 Å². The first-order chi connectivity index (χ1) is 27.3. The molecule has 11 rings (SSSR count). The molecule has 0 fully saturated rings. The molecule has 2 aromatic heterocycles. The Morgan fingerprint density at radius 2 is 1.02 bits per heavy atom. The number of aromatic nitrogens is 1. The van der Waals surface area contributed by atoms with Gasteiger partial charge >= 0.3 is 0 Å². The van der Waals surface area contributed by atoms with E-state index in [0.29, 0.717) is 0 Å². The lowest BCUT2D eigenvalue weighted by Crippen LogP contribution is -2.10. The van der Waals surface area contributed by atoms with E-state index in [1.807, 2.05) is 11.3 Å². The van der Waals surface area contributed by atoms with Crippen molar-refractivity contribution in [1.29, 1.82) is 0 Å². The molecule has 0 amide bonds. The third-order valence-electron chi connectivity index (χ3n) is 11.0. The van der Waals surface area contributed by atoms with E-state index in [9.17, 15) is 0 Å². The summed E-state index contributed by atoms with van der Waals surface area (Å²) < 4.78 is 4.97. The molecular weight excluding hydrogens is 685 g/mol. The van der Waals surface area contributed by atoms with Gasteiger partial charge in [0.25, 0.3) is 0 Å². The summed E-state index contributed by atoms with van der Waals surface area (Å²) in [4.78, 5) is 2.48. The molecule has 3 heteroatoms. The van der Waals surface area contributed by atoms with Gasteiger partial charge < -0.3 is 9.47 Å². The molecule has 0 spiro atoms. The first-order valence-electron chi connectivity index (χ1n) is 18.8. The predicted molar refractivity (Wildman–Crippen MR) is 237 cm³/mol. The van der Waals surface area contributed by atoms with Crippen LogP contribution in [0.1, 0.15) is 0 Å². The van der Waals surface area contributed by atoms with E-state index in [2.05, 4.69) is 216 Å². The summed E-state index contributed by atoms with van der Waals surface area (Å²) in [6.45, 7) is 0. The molecule has 0 bridgehead atoms. The van der Waals surface area contributed by atoms with Crippen molar-refractivity contribution in [3.63, 3.8) is 0 Å². The van der Waals surface area contributed by atoms with Crippen LogP contribution in [0.3, 0.4) is 0 Å². The Hall–Kier alpha value is -6.94. The van der Waals surface area contributed by atoms with Crippen LogP contribution in [0, 0.1) is 0 Å². The fraction of sp³-hybridized carbons (Fsp3) is 0. The second-order valence-electron chi connectivity index (χ2n) is 14.1. The van der Waals surface area contributed by atoms with Gasteiger partial charge in [0.15, 0.2) is 0 Å². The summed E-state index contributed by atoms with van der Waals surface area (Å²) in [6.07, 6.45) is 0. The van der Waals surface area contributed by atoms with Gasteiger partial charge in [0.2, 0.25) is 0 Å². The summed E-state index contributed by atoms with van der Waals surface area (Å²) in [7, 11) is 0. The molecule has 11 aromatic rings. The Balaban J connectivity index is 1.21. The van der Waals surface area contributed by atoms with E-state index >= 15 is 0 Å². The third kappa shape index (κ3) is 5.16. The largest absolute Gasteiger partial charge is 0.309 e. The van der Waals surface area contributed by atoms with Crippen LogP contribution in [0.4, 0.5) is 17.1 Å². The number of rotatable bonds is 6. The first kappa shape index (κ1) is 31.6. The average Bonchev–Trinajstić information content (AvgIpc) is 3.80. The first-order valence-corrected chi connectivity index (χ1v) is 19.6. The molecule has 2 nitrogen and oxygen atoms in total. The Morgan fingerprint density at radius 3 is 1.89 bits per heavy atom. The number of hydrogen-bond donors (Lipinski definition) is 0. The monoisotopic (exact) mass is 718 g/mol. The summed E-state index contributed by atoms with van der Waals surface area (Å²) in [5.41, 5.74) is 11.7. The zero-order valence-electron chi connectivity index (χ0n) is 29.9. The van der Waals surface area contributed by atoms with Gasteiger partial charge in [0.05, 0.1) is 21.4 Å². The minimum Gasteiger partial charge on any atom is -0.309 e. The van der Waals surface area contributed by atoms with Crippen LogP contribution in [0.2, 0.25) is 0 Å². The van der Waals surface area contributed by atoms with E-state index in [1.165, 1.54) is 75.0 Å². The van der Waals surface area contributed by atoms with Crippen molar-refractivity contribution >= 4 is 81.1 Å². The summed E-state index contributed by atoms with van der Waals surface area (Å²) >= 11 is 1.87. The highest BCUT2D eigenvalue weighted by atomic mass is 32.1. The molecule has 0 aliphatic heterocycles. The van der Waals surface area contributed by atoms with E-state index in [0.717, 1.165) is 22.7 Å². The molecule has 0 unspecified atom stereocenters. The lowest BCUT2D eigenvalue weighted by atomic mass is 9.90. The number of benzene rings is 9. The van der Waals surface area contributed by atoms with Crippen molar-refractivity contribution in [3.8, 4) is 27.9 Å². The van der Waals surface area contributed by atoms with E-state index in [1.54, 1.807) is 0 Å². The number of fused-ring (bicyclic) bond motifs is 7. The zero-order chi connectivity index (χ0) is 36.3. The third-order valence-corrected chi connectivity index (χ3v) is 12.2. The molecule has 55 heavy (non-hydrogen) atoms. The normalized spacial score (nSPS) is 11.6. The van der Waals surface area contributed by atoms with E-state index in [-0.39, 0.29) is 0 Å². The number of thiophene rings is 1. The smallest absolute Gasteiger partial charge is 0.0640 e. The van der Waals surface area contributed by atoms with Crippen LogP contribution >= 0.6 is 11.3 Å². The quantitative estimate of drug-likeness (QED) is 0.166. The minimum atomic E-state index is 1.11. The summed E-state index contributed by atoms with van der Waals surface area (Å²) in [5, 5.41) is 7.54. The number of hydrogen-bond acceptors (Lipinski definition) is 2. The molecule has 2 heterocycles. The molecule has 0 aliphatic rings. The predicted octanol–water partition coefficient (Wildman–Crippen LogP) is 15.1. The van der Waals surface area contributed by atoms with Gasteiger partial charge in [0, 0.05) is 43.3 Å². The van der Waals surface area contributed by atoms with Crippen LogP contribution in [0.5, 0.6) is 0 Å². The van der Waals surface area contributed by atoms with Crippen molar-refractivity contribution in [1.82, 2.24) is 4.57 Å². The maximum atomic E-state index is 2.48. The van der Waals surface area contributed by atoms with Gasteiger partial charge in [-0.3, -0.25) is 0 Å². The summed E-state index contributed by atoms with van der Waals surface area (Å²) in [6, 6.07) is 75.2. The maximum absolute atomic E-state index is 2.48. The van der Waals surface area contributed by atoms with Crippen molar-refractivity contribution < 1.29 is 0 Å². The number of anilines is 3. The van der Waals surface area contributed by atoms with Crippen molar-refractivity contribution in [3.05, 3.63) is 206 Å². The highest BCUT2D eigenvalue weighted by Gasteiger charge is 2.22.